The van der Waals surface area contributed by atoms with Crippen LogP contribution in [0.3, 0.4) is 0 Å². The molecule has 0 aliphatic rings. The van der Waals surface area contributed by atoms with Crippen molar-refractivity contribution < 1.29 is 9.18 Å². The molecule has 0 fully saturated rings. The number of rotatable bonds is 6. The van der Waals surface area contributed by atoms with Crippen molar-refractivity contribution in [3.63, 3.8) is 0 Å². The van der Waals surface area contributed by atoms with Gasteiger partial charge in [0.05, 0.1) is 5.56 Å². The van der Waals surface area contributed by atoms with Gasteiger partial charge >= 0.3 is 0 Å². The summed E-state index contributed by atoms with van der Waals surface area (Å²) in [7, 11) is 3.52. The molecule has 18 heavy (non-hydrogen) atoms. The Balaban J connectivity index is 2.62. The molecule has 0 bridgehead atoms. The molecule has 0 aromatic carbocycles. The van der Waals surface area contributed by atoms with Crippen LogP contribution in [-0.2, 0) is 0 Å². The van der Waals surface area contributed by atoms with Crippen molar-refractivity contribution in [1.82, 2.24) is 15.2 Å². The molecule has 0 saturated heterocycles. The number of hydrogen-bond donors (Lipinski definition) is 2. The van der Waals surface area contributed by atoms with E-state index in [4.69, 9.17) is 0 Å². The summed E-state index contributed by atoms with van der Waals surface area (Å²) in [6, 6.07) is 1.37. The predicted molar refractivity (Wildman–Crippen MR) is 69.2 cm³/mol. The molecule has 0 saturated carbocycles. The van der Waals surface area contributed by atoms with Crippen LogP contribution in [-0.4, -0.2) is 49.5 Å². The summed E-state index contributed by atoms with van der Waals surface area (Å²) in [4.78, 5) is 17.6. The largest absolute Gasteiger partial charge is 0.371 e. The SMILES string of the molecule is CCN(C)CCNC(=O)c1ccnc(NC)c1F. The Kier molecular flexibility index (Phi) is 5.51. The molecular formula is C12H19FN4O. The van der Waals surface area contributed by atoms with E-state index in [0.29, 0.717) is 6.54 Å². The van der Waals surface area contributed by atoms with Crippen molar-refractivity contribution in [2.24, 2.45) is 0 Å². The van der Waals surface area contributed by atoms with E-state index in [1.807, 2.05) is 14.0 Å². The topological polar surface area (TPSA) is 57.3 Å². The summed E-state index contributed by atoms with van der Waals surface area (Å²) in [5, 5.41) is 5.28. The number of aromatic nitrogens is 1. The van der Waals surface area contributed by atoms with Crippen molar-refractivity contribution in [2.45, 2.75) is 6.92 Å². The number of nitrogens with zero attached hydrogens (tertiary/aromatic N) is 2. The molecule has 1 heterocycles. The molecule has 0 radical (unpaired) electrons. The summed E-state index contributed by atoms with van der Waals surface area (Å²) < 4.78 is 13.8. The fourth-order valence-electron chi connectivity index (χ4n) is 1.41. The van der Waals surface area contributed by atoms with Crippen LogP contribution in [0.15, 0.2) is 12.3 Å². The Morgan fingerprint density at radius 1 is 1.56 bits per heavy atom. The van der Waals surface area contributed by atoms with Crippen LogP contribution in [0.1, 0.15) is 17.3 Å². The first-order valence-corrected chi connectivity index (χ1v) is 5.89. The zero-order valence-electron chi connectivity index (χ0n) is 11.0. The number of likely N-dealkylation sites (N-methyl/N-ethyl adjacent to an activating group) is 1. The Morgan fingerprint density at radius 2 is 2.28 bits per heavy atom. The van der Waals surface area contributed by atoms with Crippen LogP contribution in [0, 0.1) is 5.82 Å². The second-order valence-corrected chi connectivity index (χ2v) is 3.92. The fourth-order valence-corrected chi connectivity index (χ4v) is 1.41. The molecule has 1 aromatic heterocycles. The molecule has 1 aromatic rings. The highest BCUT2D eigenvalue weighted by Gasteiger charge is 2.14. The minimum atomic E-state index is -0.624. The van der Waals surface area contributed by atoms with Gasteiger partial charge in [0.1, 0.15) is 0 Å². The third kappa shape index (κ3) is 3.66. The summed E-state index contributed by atoms with van der Waals surface area (Å²) >= 11 is 0. The lowest BCUT2D eigenvalue weighted by molar-refractivity contribution is 0.0946. The third-order valence-electron chi connectivity index (χ3n) is 2.69. The Hall–Kier alpha value is -1.69. The van der Waals surface area contributed by atoms with Gasteiger partial charge in [-0.15, -0.1) is 0 Å². The summed E-state index contributed by atoms with van der Waals surface area (Å²) in [6.45, 7) is 4.15. The minimum Gasteiger partial charge on any atom is -0.371 e. The monoisotopic (exact) mass is 254 g/mol. The van der Waals surface area contributed by atoms with E-state index in [9.17, 15) is 9.18 Å². The van der Waals surface area contributed by atoms with Crippen LogP contribution in [0.2, 0.25) is 0 Å². The zero-order chi connectivity index (χ0) is 13.5. The van der Waals surface area contributed by atoms with Gasteiger partial charge in [-0.2, -0.15) is 0 Å². The fraction of sp³-hybridized carbons (Fsp3) is 0.500. The first-order valence-electron chi connectivity index (χ1n) is 5.89. The first kappa shape index (κ1) is 14.4. The zero-order valence-corrected chi connectivity index (χ0v) is 11.0. The second-order valence-electron chi connectivity index (χ2n) is 3.92. The smallest absolute Gasteiger partial charge is 0.254 e. The minimum absolute atomic E-state index is 0.00787. The number of halogens is 1. The number of pyridine rings is 1. The van der Waals surface area contributed by atoms with Gasteiger partial charge in [0.2, 0.25) is 0 Å². The number of nitrogens with one attached hydrogen (secondary N) is 2. The molecule has 0 aliphatic heterocycles. The van der Waals surface area contributed by atoms with E-state index in [1.165, 1.54) is 12.3 Å². The predicted octanol–water partition coefficient (Wildman–Crippen LogP) is 0.944. The normalized spacial score (nSPS) is 10.5. The maximum absolute atomic E-state index is 13.8. The quantitative estimate of drug-likeness (QED) is 0.793. The lowest BCUT2D eigenvalue weighted by Crippen LogP contribution is -2.33. The number of carbonyl (C=O) groups excluding carboxylic acids is 1. The molecular weight excluding hydrogens is 235 g/mol. The van der Waals surface area contributed by atoms with E-state index in [1.54, 1.807) is 7.05 Å². The van der Waals surface area contributed by atoms with Crippen molar-refractivity contribution in [3.05, 3.63) is 23.6 Å². The molecule has 2 N–H and O–H groups in total. The Bertz CT molecular complexity index is 411. The lowest BCUT2D eigenvalue weighted by Gasteiger charge is -2.14. The number of carbonyl (C=O) groups is 1. The van der Waals surface area contributed by atoms with Gasteiger partial charge in [-0.25, -0.2) is 9.37 Å². The number of amides is 1. The summed E-state index contributed by atoms with van der Waals surface area (Å²) in [5.74, 6) is -0.967. The summed E-state index contributed by atoms with van der Waals surface area (Å²) in [5.41, 5.74) is 0.00787. The van der Waals surface area contributed by atoms with Gasteiger partial charge in [-0.1, -0.05) is 6.92 Å². The van der Waals surface area contributed by atoms with Gasteiger partial charge < -0.3 is 15.5 Å². The molecule has 1 amide bonds. The van der Waals surface area contributed by atoms with Crippen LogP contribution in [0.4, 0.5) is 10.2 Å². The van der Waals surface area contributed by atoms with Crippen LogP contribution < -0.4 is 10.6 Å². The van der Waals surface area contributed by atoms with Gasteiger partial charge in [0.15, 0.2) is 11.6 Å². The third-order valence-corrected chi connectivity index (χ3v) is 2.69. The average molecular weight is 254 g/mol. The van der Waals surface area contributed by atoms with Crippen LogP contribution in [0.5, 0.6) is 0 Å². The number of hydrogen-bond acceptors (Lipinski definition) is 4. The van der Waals surface area contributed by atoms with E-state index in [2.05, 4.69) is 20.5 Å². The van der Waals surface area contributed by atoms with E-state index in [-0.39, 0.29) is 11.4 Å². The molecule has 0 unspecified atom stereocenters. The van der Waals surface area contributed by atoms with E-state index >= 15 is 0 Å². The molecule has 0 aliphatic carbocycles. The second kappa shape index (κ2) is 6.90. The average Bonchev–Trinajstić information content (AvgIpc) is 2.38. The van der Waals surface area contributed by atoms with Crippen LogP contribution >= 0.6 is 0 Å². The highest BCUT2D eigenvalue weighted by Crippen LogP contribution is 2.13. The molecule has 0 atom stereocenters. The molecule has 0 spiro atoms. The lowest BCUT2D eigenvalue weighted by atomic mass is 10.2. The van der Waals surface area contributed by atoms with Crippen LogP contribution in [0.25, 0.3) is 0 Å². The molecule has 6 heteroatoms. The standard InChI is InChI=1S/C12H19FN4O/c1-4-17(3)8-7-16-12(18)9-5-6-15-11(14-2)10(9)13/h5-6H,4,7-8H2,1-3H3,(H,14,15)(H,16,18). The Labute approximate surface area is 106 Å². The number of anilines is 1. The molecule has 5 nitrogen and oxygen atoms in total. The first-order chi connectivity index (χ1) is 8.60. The maximum Gasteiger partial charge on any atom is 0.254 e. The van der Waals surface area contributed by atoms with E-state index in [0.717, 1.165) is 13.1 Å². The highest BCUT2D eigenvalue weighted by molar-refractivity contribution is 5.95. The summed E-state index contributed by atoms with van der Waals surface area (Å²) in [6.07, 6.45) is 1.40. The van der Waals surface area contributed by atoms with Crippen molar-refractivity contribution in [2.75, 3.05) is 39.0 Å². The van der Waals surface area contributed by atoms with Crippen molar-refractivity contribution in [1.29, 1.82) is 0 Å². The molecule has 100 valence electrons. The highest BCUT2D eigenvalue weighted by atomic mass is 19.1. The Morgan fingerprint density at radius 3 is 2.89 bits per heavy atom. The van der Waals surface area contributed by atoms with Gasteiger partial charge in [0, 0.05) is 26.3 Å². The van der Waals surface area contributed by atoms with Crippen molar-refractivity contribution >= 4 is 11.7 Å². The van der Waals surface area contributed by atoms with Gasteiger partial charge in [0.25, 0.3) is 5.91 Å². The maximum atomic E-state index is 13.8. The van der Waals surface area contributed by atoms with Gasteiger partial charge in [-0.05, 0) is 19.7 Å². The van der Waals surface area contributed by atoms with Crippen molar-refractivity contribution in [3.8, 4) is 0 Å². The van der Waals surface area contributed by atoms with E-state index < -0.39 is 11.7 Å². The van der Waals surface area contributed by atoms with Gasteiger partial charge in [-0.3, -0.25) is 4.79 Å². The molecule has 1 rings (SSSR count).